The normalized spacial score (nSPS) is 9.75. The van der Waals surface area contributed by atoms with Gasteiger partial charge in [-0.1, -0.05) is 5.16 Å². The molecule has 0 saturated heterocycles. The third-order valence-electron chi connectivity index (χ3n) is 1.19. The van der Waals surface area contributed by atoms with Crippen LogP contribution in [-0.4, -0.2) is 28.6 Å². The molecule has 0 spiro atoms. The van der Waals surface area contributed by atoms with E-state index in [1.54, 1.807) is 0 Å². The lowest BCUT2D eigenvalue weighted by Gasteiger charge is -1.84. The smallest absolute Gasteiger partial charge is 0.358 e. The van der Waals surface area contributed by atoms with Crippen molar-refractivity contribution >= 4 is 11.8 Å². The van der Waals surface area contributed by atoms with Gasteiger partial charge in [-0.15, -0.1) is 0 Å². The number of nitrogens with two attached hydrogens (primary N) is 1. The van der Waals surface area contributed by atoms with E-state index in [-0.39, 0.29) is 18.0 Å². The summed E-state index contributed by atoms with van der Waals surface area (Å²) in [7, 11) is 0. The Morgan fingerprint density at radius 3 is 2.75 bits per heavy atom. The van der Waals surface area contributed by atoms with Crippen LogP contribution in [0.25, 0.3) is 0 Å². The number of Topliss-reactive ketones (excluding diaryl/α,β-unsaturated/α-hetero) is 1. The zero-order chi connectivity index (χ0) is 9.14. The minimum absolute atomic E-state index is 0.130. The van der Waals surface area contributed by atoms with Crippen LogP contribution in [0, 0.1) is 0 Å². The van der Waals surface area contributed by atoms with Crippen molar-refractivity contribution < 1.29 is 19.2 Å². The molecule has 6 nitrogen and oxygen atoms in total. The van der Waals surface area contributed by atoms with Gasteiger partial charge in [0.05, 0.1) is 6.54 Å². The molecule has 0 saturated carbocycles. The first-order valence-electron chi connectivity index (χ1n) is 3.08. The van der Waals surface area contributed by atoms with E-state index in [2.05, 4.69) is 9.68 Å². The van der Waals surface area contributed by atoms with E-state index in [9.17, 15) is 9.59 Å². The van der Waals surface area contributed by atoms with Gasteiger partial charge in [0, 0.05) is 6.07 Å². The summed E-state index contributed by atoms with van der Waals surface area (Å²) < 4.78 is 4.42. The number of ketones is 1. The average Bonchev–Trinajstić information content (AvgIpc) is 2.51. The molecule has 0 aliphatic rings. The van der Waals surface area contributed by atoms with Crippen molar-refractivity contribution in [2.24, 2.45) is 5.73 Å². The lowest BCUT2D eigenvalue weighted by molar-refractivity contribution is 0.0684. The van der Waals surface area contributed by atoms with Gasteiger partial charge in [0.2, 0.25) is 11.5 Å². The molecular weight excluding hydrogens is 164 g/mol. The highest BCUT2D eigenvalue weighted by Gasteiger charge is 2.14. The fourth-order valence-electron chi connectivity index (χ4n) is 0.608. The van der Waals surface area contributed by atoms with Gasteiger partial charge in [-0.25, -0.2) is 4.79 Å². The summed E-state index contributed by atoms with van der Waals surface area (Å²) in [6.45, 7) is -0.228. The van der Waals surface area contributed by atoms with Crippen LogP contribution in [0.5, 0.6) is 0 Å². The number of hydrogen-bond donors (Lipinski definition) is 2. The Hall–Kier alpha value is -1.69. The maximum atomic E-state index is 10.8. The number of nitrogens with zero attached hydrogens (tertiary/aromatic N) is 1. The van der Waals surface area contributed by atoms with Crippen LogP contribution < -0.4 is 5.73 Å². The maximum Gasteiger partial charge on any atom is 0.358 e. The lowest BCUT2D eigenvalue weighted by Crippen LogP contribution is -2.12. The third kappa shape index (κ3) is 1.48. The maximum absolute atomic E-state index is 10.8. The van der Waals surface area contributed by atoms with Crippen molar-refractivity contribution in [3.63, 3.8) is 0 Å². The largest absolute Gasteiger partial charge is 0.476 e. The van der Waals surface area contributed by atoms with Crippen molar-refractivity contribution in [3.8, 4) is 0 Å². The molecule has 6 heteroatoms. The number of carboxylic acid groups (broad SMARTS) is 1. The number of aromatic nitrogens is 1. The highest BCUT2D eigenvalue weighted by molar-refractivity contribution is 5.96. The quantitative estimate of drug-likeness (QED) is 0.593. The zero-order valence-corrected chi connectivity index (χ0v) is 5.98. The summed E-state index contributed by atoms with van der Waals surface area (Å²) in [6, 6.07) is 1.04. The predicted molar refractivity (Wildman–Crippen MR) is 36.8 cm³/mol. The van der Waals surface area contributed by atoms with Crippen molar-refractivity contribution in [2.75, 3.05) is 6.54 Å². The average molecular weight is 170 g/mol. The van der Waals surface area contributed by atoms with E-state index in [1.165, 1.54) is 0 Å². The fourth-order valence-corrected chi connectivity index (χ4v) is 0.608. The number of hydrogen-bond acceptors (Lipinski definition) is 5. The SMILES string of the molecule is NCC(=O)c1cc(C(=O)O)no1. The minimum Gasteiger partial charge on any atom is -0.476 e. The van der Waals surface area contributed by atoms with Crippen molar-refractivity contribution in [1.82, 2.24) is 5.16 Å². The summed E-state index contributed by atoms with van der Waals surface area (Å²) in [6.07, 6.45) is 0. The molecule has 1 aromatic rings. The molecule has 0 aromatic carbocycles. The van der Waals surface area contributed by atoms with E-state index in [0.29, 0.717) is 0 Å². The number of carbonyl (C=O) groups excluding carboxylic acids is 1. The molecular formula is C6H6N2O4. The monoisotopic (exact) mass is 170 g/mol. The number of carbonyl (C=O) groups is 2. The Morgan fingerprint density at radius 1 is 1.67 bits per heavy atom. The van der Waals surface area contributed by atoms with Gasteiger partial charge in [-0.3, -0.25) is 4.79 Å². The van der Waals surface area contributed by atoms with Gasteiger partial charge in [-0.2, -0.15) is 0 Å². The first-order chi connectivity index (χ1) is 5.65. The van der Waals surface area contributed by atoms with Gasteiger partial charge in [-0.05, 0) is 0 Å². The Labute approximate surface area is 66.9 Å². The molecule has 0 radical (unpaired) electrons. The topological polar surface area (TPSA) is 106 Å². The predicted octanol–water partition coefficient (Wildman–Crippen LogP) is -0.486. The van der Waals surface area contributed by atoms with Crippen molar-refractivity contribution in [1.29, 1.82) is 0 Å². The second kappa shape index (κ2) is 3.14. The molecule has 1 heterocycles. The van der Waals surface area contributed by atoms with Crippen molar-refractivity contribution in [2.45, 2.75) is 0 Å². The van der Waals surface area contributed by atoms with Gasteiger partial charge >= 0.3 is 5.97 Å². The Kier molecular flexibility index (Phi) is 2.20. The first-order valence-corrected chi connectivity index (χ1v) is 3.08. The molecule has 1 aromatic heterocycles. The van der Waals surface area contributed by atoms with Crippen LogP contribution in [0.1, 0.15) is 21.0 Å². The van der Waals surface area contributed by atoms with Crippen LogP contribution in [0.15, 0.2) is 10.6 Å². The molecule has 64 valence electrons. The fraction of sp³-hybridized carbons (Fsp3) is 0.167. The summed E-state index contributed by atoms with van der Waals surface area (Å²) in [5.74, 6) is -1.85. The number of rotatable bonds is 3. The number of carboxylic acids is 1. The molecule has 0 bridgehead atoms. The van der Waals surface area contributed by atoms with E-state index in [0.717, 1.165) is 6.07 Å². The van der Waals surface area contributed by atoms with E-state index in [4.69, 9.17) is 10.8 Å². The van der Waals surface area contributed by atoms with Crippen LogP contribution in [0.4, 0.5) is 0 Å². The molecule has 12 heavy (non-hydrogen) atoms. The van der Waals surface area contributed by atoms with E-state index < -0.39 is 11.8 Å². The van der Waals surface area contributed by atoms with Gasteiger partial charge in [0.1, 0.15) is 0 Å². The summed E-state index contributed by atoms with van der Waals surface area (Å²) in [5.41, 5.74) is 4.71. The highest BCUT2D eigenvalue weighted by Crippen LogP contribution is 2.03. The highest BCUT2D eigenvalue weighted by atomic mass is 16.5. The lowest BCUT2D eigenvalue weighted by atomic mass is 10.3. The van der Waals surface area contributed by atoms with Crippen molar-refractivity contribution in [3.05, 3.63) is 17.5 Å². The van der Waals surface area contributed by atoms with E-state index in [1.807, 2.05) is 0 Å². The minimum atomic E-state index is -1.24. The van der Waals surface area contributed by atoms with Gasteiger partial charge in [0.15, 0.2) is 5.69 Å². The molecule has 0 atom stereocenters. The van der Waals surface area contributed by atoms with E-state index >= 15 is 0 Å². The standard InChI is InChI=1S/C6H6N2O4/c7-2-4(9)5-1-3(6(10)11)8-12-5/h1H,2,7H2,(H,10,11). The Balaban J connectivity index is 2.91. The third-order valence-corrected chi connectivity index (χ3v) is 1.19. The first kappa shape index (κ1) is 8.41. The van der Waals surface area contributed by atoms with Crippen LogP contribution in [-0.2, 0) is 0 Å². The van der Waals surface area contributed by atoms with Crippen LogP contribution >= 0.6 is 0 Å². The molecule has 0 unspecified atom stereocenters. The Bertz CT molecular complexity index is 317. The molecule has 3 N–H and O–H groups in total. The Morgan fingerprint density at radius 2 is 2.33 bits per heavy atom. The van der Waals surface area contributed by atoms with Gasteiger partial charge < -0.3 is 15.4 Å². The van der Waals surface area contributed by atoms with Crippen LogP contribution in [0.2, 0.25) is 0 Å². The van der Waals surface area contributed by atoms with Gasteiger partial charge in [0.25, 0.3) is 0 Å². The zero-order valence-electron chi connectivity index (χ0n) is 5.98. The molecule has 0 aliphatic carbocycles. The molecule has 0 aliphatic heterocycles. The molecule has 0 fully saturated rings. The van der Waals surface area contributed by atoms with Crippen LogP contribution in [0.3, 0.4) is 0 Å². The second-order valence-corrected chi connectivity index (χ2v) is 2.01. The molecule has 1 rings (SSSR count). The molecule has 0 amide bonds. The summed E-state index contributed by atoms with van der Waals surface area (Å²) in [4.78, 5) is 21.1. The number of aromatic carboxylic acids is 1. The second-order valence-electron chi connectivity index (χ2n) is 2.01. The summed E-state index contributed by atoms with van der Waals surface area (Å²) >= 11 is 0. The summed E-state index contributed by atoms with van der Waals surface area (Å²) in [5, 5.41) is 11.5.